The van der Waals surface area contributed by atoms with Crippen molar-refractivity contribution in [2.24, 2.45) is 10.2 Å². The number of azo groups is 1. The average Bonchev–Trinajstić information content (AvgIpc) is 2.93. The number of aromatic nitrogens is 3. The Morgan fingerprint density at radius 1 is 0.795 bits per heavy atom. The molecular formula is C30H36N6OS2. The van der Waals surface area contributed by atoms with Crippen LogP contribution in [0.3, 0.4) is 0 Å². The summed E-state index contributed by atoms with van der Waals surface area (Å²) in [5.41, 5.74) is 4.75. The zero-order valence-corrected chi connectivity index (χ0v) is 25.0. The molecule has 0 fully saturated rings. The molecule has 0 radical (unpaired) electrons. The molecule has 0 aliphatic heterocycles. The largest absolute Gasteiger partial charge is 0.494 e. The third-order valence-corrected chi connectivity index (χ3v) is 7.92. The van der Waals surface area contributed by atoms with Crippen LogP contribution >= 0.6 is 23.5 Å². The molecule has 0 bridgehead atoms. The summed E-state index contributed by atoms with van der Waals surface area (Å²) in [6.07, 6.45) is 4.53. The number of rotatable bonds is 13. The van der Waals surface area contributed by atoms with Crippen molar-refractivity contribution in [3.05, 3.63) is 59.7 Å². The molecule has 204 valence electrons. The van der Waals surface area contributed by atoms with Crippen molar-refractivity contribution in [1.82, 2.24) is 15.0 Å². The Labute approximate surface area is 239 Å². The third kappa shape index (κ3) is 8.16. The van der Waals surface area contributed by atoms with E-state index in [1.54, 1.807) is 30.6 Å². The van der Waals surface area contributed by atoms with E-state index in [0.717, 1.165) is 58.9 Å². The number of methoxy groups -OCH3 is 1. The molecule has 39 heavy (non-hydrogen) atoms. The van der Waals surface area contributed by atoms with Gasteiger partial charge < -0.3 is 10.1 Å². The molecule has 0 aliphatic rings. The molecule has 0 atom stereocenters. The number of hydrogen-bond donors (Lipinski definition) is 1. The number of unbranched alkanes of at least 4 members (excludes halogenated alkanes) is 2. The highest BCUT2D eigenvalue weighted by molar-refractivity contribution is 7.99. The van der Waals surface area contributed by atoms with E-state index in [1.165, 1.54) is 21.9 Å². The number of nitrogens with zero attached hydrogens (tertiary/aromatic N) is 5. The summed E-state index contributed by atoms with van der Waals surface area (Å²) in [6, 6.07) is 16.2. The van der Waals surface area contributed by atoms with Crippen LogP contribution in [0.4, 0.5) is 23.0 Å². The molecule has 0 saturated carbocycles. The van der Waals surface area contributed by atoms with Crippen molar-refractivity contribution < 1.29 is 4.74 Å². The minimum Gasteiger partial charge on any atom is -0.494 e. The van der Waals surface area contributed by atoms with Crippen LogP contribution in [0.25, 0.3) is 10.8 Å². The average molecular weight is 561 g/mol. The van der Waals surface area contributed by atoms with Crippen molar-refractivity contribution >= 4 is 57.3 Å². The van der Waals surface area contributed by atoms with E-state index in [2.05, 4.69) is 82.5 Å². The maximum atomic E-state index is 5.67. The van der Waals surface area contributed by atoms with Crippen LogP contribution in [-0.4, -0.2) is 33.6 Å². The Balaban J connectivity index is 1.53. The van der Waals surface area contributed by atoms with Crippen molar-refractivity contribution in [3.8, 4) is 5.75 Å². The molecule has 1 N–H and O–H groups in total. The first-order valence-corrected chi connectivity index (χ1v) is 15.4. The molecular weight excluding hydrogens is 525 g/mol. The zero-order valence-electron chi connectivity index (χ0n) is 23.3. The highest BCUT2D eigenvalue weighted by atomic mass is 32.2. The summed E-state index contributed by atoms with van der Waals surface area (Å²) < 4.78 is 5.67. The Morgan fingerprint density at radius 2 is 1.44 bits per heavy atom. The molecule has 0 unspecified atom stereocenters. The summed E-state index contributed by atoms with van der Waals surface area (Å²) in [6.45, 7) is 8.61. The van der Waals surface area contributed by atoms with E-state index >= 15 is 0 Å². The maximum Gasteiger partial charge on any atom is 0.232 e. The Hall–Kier alpha value is -3.17. The van der Waals surface area contributed by atoms with Gasteiger partial charge in [0.15, 0.2) is 10.3 Å². The Bertz CT molecular complexity index is 1410. The lowest BCUT2D eigenvalue weighted by Gasteiger charge is -2.12. The van der Waals surface area contributed by atoms with Crippen molar-refractivity contribution in [2.45, 2.75) is 63.7 Å². The van der Waals surface area contributed by atoms with E-state index in [0.29, 0.717) is 17.4 Å². The van der Waals surface area contributed by atoms with Crippen LogP contribution < -0.4 is 10.1 Å². The van der Waals surface area contributed by atoms with E-state index in [4.69, 9.17) is 4.74 Å². The summed E-state index contributed by atoms with van der Waals surface area (Å²) in [7, 11) is 1.64. The number of aryl methyl sites for hydroxylation is 2. The quantitative estimate of drug-likeness (QED) is 0.0989. The van der Waals surface area contributed by atoms with Gasteiger partial charge in [-0.25, -0.2) is 0 Å². The van der Waals surface area contributed by atoms with Crippen LogP contribution in [0.5, 0.6) is 5.75 Å². The molecule has 3 aromatic carbocycles. The Morgan fingerprint density at radius 3 is 2.08 bits per heavy atom. The van der Waals surface area contributed by atoms with Gasteiger partial charge in [0, 0.05) is 17.6 Å². The third-order valence-electron chi connectivity index (χ3n) is 6.05. The van der Waals surface area contributed by atoms with Gasteiger partial charge in [-0.15, -0.1) is 0 Å². The molecule has 4 rings (SSSR count). The normalized spacial score (nSPS) is 11.4. The molecule has 0 saturated heterocycles. The molecule has 7 nitrogen and oxygen atoms in total. The Kier molecular flexibility index (Phi) is 10.6. The van der Waals surface area contributed by atoms with Gasteiger partial charge in [-0.3, -0.25) is 0 Å². The predicted octanol–water partition coefficient (Wildman–Crippen LogP) is 9.59. The topological polar surface area (TPSA) is 84.7 Å². The van der Waals surface area contributed by atoms with E-state index < -0.39 is 0 Å². The minimum absolute atomic E-state index is 0.512. The van der Waals surface area contributed by atoms with Crippen LogP contribution in [0.2, 0.25) is 0 Å². The number of hydrogen-bond acceptors (Lipinski definition) is 9. The predicted molar refractivity (Wildman–Crippen MR) is 165 cm³/mol. The van der Waals surface area contributed by atoms with Crippen molar-refractivity contribution in [3.63, 3.8) is 0 Å². The fraction of sp³-hybridized carbons (Fsp3) is 0.367. The van der Waals surface area contributed by atoms with Crippen LogP contribution in [0.1, 0.15) is 50.7 Å². The van der Waals surface area contributed by atoms with Gasteiger partial charge in [0.2, 0.25) is 5.95 Å². The fourth-order valence-electron chi connectivity index (χ4n) is 4.00. The number of fused-ring (bicyclic) bond motifs is 1. The van der Waals surface area contributed by atoms with Crippen LogP contribution in [0, 0.1) is 13.8 Å². The SMILES string of the molecule is CCCCSc1nc(Nc2ccc(N=Nc3ccc4cc(C)cc(C)c4c3)cc2OC)nc(SCCCC)n1. The summed E-state index contributed by atoms with van der Waals surface area (Å²) in [5.74, 6) is 3.12. The zero-order chi connectivity index (χ0) is 27.6. The minimum atomic E-state index is 0.512. The highest BCUT2D eigenvalue weighted by Crippen LogP contribution is 2.33. The molecule has 1 heterocycles. The molecule has 9 heteroatoms. The van der Waals surface area contributed by atoms with E-state index in [1.807, 2.05) is 24.3 Å². The molecule has 1 aromatic heterocycles. The maximum absolute atomic E-state index is 5.67. The van der Waals surface area contributed by atoms with Gasteiger partial charge in [0.25, 0.3) is 0 Å². The van der Waals surface area contributed by atoms with Gasteiger partial charge >= 0.3 is 0 Å². The van der Waals surface area contributed by atoms with Gasteiger partial charge in [-0.2, -0.15) is 25.2 Å². The van der Waals surface area contributed by atoms with E-state index in [9.17, 15) is 0 Å². The smallest absolute Gasteiger partial charge is 0.232 e. The number of anilines is 2. The number of ether oxygens (including phenoxy) is 1. The first-order valence-electron chi connectivity index (χ1n) is 13.4. The molecule has 0 spiro atoms. The second-order valence-electron chi connectivity index (χ2n) is 9.33. The van der Waals surface area contributed by atoms with Gasteiger partial charge in [0.05, 0.1) is 24.2 Å². The van der Waals surface area contributed by atoms with E-state index in [-0.39, 0.29) is 0 Å². The first kappa shape index (κ1) is 28.8. The highest BCUT2D eigenvalue weighted by Gasteiger charge is 2.11. The van der Waals surface area contributed by atoms with Crippen LogP contribution in [-0.2, 0) is 0 Å². The molecule has 4 aromatic rings. The van der Waals surface area contributed by atoms with Crippen molar-refractivity contribution in [2.75, 3.05) is 23.9 Å². The summed E-state index contributed by atoms with van der Waals surface area (Å²) in [5, 5.41) is 16.2. The summed E-state index contributed by atoms with van der Waals surface area (Å²) >= 11 is 3.34. The number of benzene rings is 3. The molecule has 0 amide bonds. The van der Waals surface area contributed by atoms with Gasteiger partial charge in [-0.1, -0.05) is 74.0 Å². The lowest BCUT2D eigenvalue weighted by molar-refractivity contribution is 0.417. The summed E-state index contributed by atoms with van der Waals surface area (Å²) in [4.78, 5) is 14.0. The first-order chi connectivity index (χ1) is 19.0. The lowest BCUT2D eigenvalue weighted by Crippen LogP contribution is -2.03. The van der Waals surface area contributed by atoms with Crippen LogP contribution in [0.15, 0.2) is 69.1 Å². The standard InChI is InChI=1S/C30H36N6OS2/c1-6-8-14-38-29-32-28(33-30(34-29)39-15-9-7-2)31-26-13-12-24(19-27(26)37-5)36-35-23-11-10-22-17-20(3)16-21(4)25(22)18-23/h10-13,16-19H,6-9,14-15H2,1-5H3,(H,31,32,33,34). The lowest BCUT2D eigenvalue weighted by atomic mass is 10.0. The monoisotopic (exact) mass is 560 g/mol. The second-order valence-corrected chi connectivity index (χ2v) is 11.4. The second kappa shape index (κ2) is 14.3. The molecule has 0 aliphatic carbocycles. The van der Waals surface area contributed by atoms with Gasteiger partial charge in [-0.05, 0) is 67.3 Å². The van der Waals surface area contributed by atoms with Gasteiger partial charge in [0.1, 0.15) is 5.75 Å². The fourth-order valence-corrected chi connectivity index (χ4v) is 5.89. The number of thioether (sulfide) groups is 2. The number of nitrogens with one attached hydrogen (secondary N) is 1. The van der Waals surface area contributed by atoms with Crippen molar-refractivity contribution in [1.29, 1.82) is 0 Å².